The molecule has 2 aromatic heterocycles. The first kappa shape index (κ1) is 7.87. The van der Waals surface area contributed by atoms with Crippen LogP contribution in [0.5, 0.6) is 0 Å². The summed E-state index contributed by atoms with van der Waals surface area (Å²) in [6.07, 6.45) is 1.65. The molecule has 0 aliphatic rings. The van der Waals surface area contributed by atoms with Crippen molar-refractivity contribution in [2.75, 3.05) is 18.9 Å². The molecule has 2 rings (SSSR count). The van der Waals surface area contributed by atoms with Crippen molar-refractivity contribution in [2.24, 2.45) is 0 Å². The van der Waals surface area contributed by atoms with Gasteiger partial charge in [-0.15, -0.1) is 15.0 Å². The summed E-state index contributed by atoms with van der Waals surface area (Å²) in [7, 11) is 0. The summed E-state index contributed by atoms with van der Waals surface area (Å²) in [4.78, 5) is 6.49. The maximum absolute atomic E-state index is 8.55. The highest BCUT2D eigenvalue weighted by Gasteiger charge is 2.06. The van der Waals surface area contributed by atoms with Crippen molar-refractivity contribution in [1.82, 2.24) is 19.6 Å². The molecule has 0 bridgehead atoms. The Morgan fingerprint density at radius 2 is 2.38 bits per heavy atom. The van der Waals surface area contributed by atoms with Gasteiger partial charge in [0.15, 0.2) is 5.65 Å². The van der Waals surface area contributed by atoms with E-state index < -0.39 is 0 Å². The molecular formula is C6H9N5O2. The van der Waals surface area contributed by atoms with E-state index in [1.54, 1.807) is 12.3 Å². The minimum Gasteiger partial charge on any atom is -0.395 e. The van der Waals surface area contributed by atoms with Crippen LogP contribution in [-0.4, -0.2) is 37.9 Å². The number of fused-ring (bicyclic) bond motifs is 1. The maximum atomic E-state index is 8.55. The Bertz CT molecular complexity index is 406. The van der Waals surface area contributed by atoms with Gasteiger partial charge in [0.2, 0.25) is 5.95 Å². The van der Waals surface area contributed by atoms with Crippen molar-refractivity contribution in [2.45, 2.75) is 0 Å². The average Bonchev–Trinajstić information content (AvgIpc) is 2.67. The van der Waals surface area contributed by atoms with E-state index in [0.29, 0.717) is 5.65 Å². The summed E-state index contributed by atoms with van der Waals surface area (Å²) in [5, 5.41) is 16.0. The Morgan fingerprint density at radius 1 is 1.54 bits per heavy atom. The molecule has 70 valence electrons. The molecule has 0 spiro atoms. The molecule has 0 aliphatic carbocycles. The van der Waals surface area contributed by atoms with E-state index in [4.69, 9.17) is 15.7 Å². The van der Waals surface area contributed by atoms with Crippen LogP contribution in [0.4, 0.5) is 5.95 Å². The number of nitrogens with two attached hydrogens (primary N) is 1. The number of hydrogen-bond acceptors (Lipinski definition) is 5. The molecule has 0 aromatic carbocycles. The summed E-state index contributed by atoms with van der Waals surface area (Å²) >= 11 is 0. The molecule has 7 heteroatoms. The lowest BCUT2D eigenvalue weighted by molar-refractivity contribution is 0.0482. The maximum Gasteiger partial charge on any atom is 0.244 e. The highest BCUT2D eigenvalue weighted by Crippen LogP contribution is 2.04. The minimum absolute atomic E-state index is 0.0539. The smallest absolute Gasteiger partial charge is 0.244 e. The van der Waals surface area contributed by atoms with E-state index in [9.17, 15) is 0 Å². The molecule has 2 heterocycles. The van der Waals surface area contributed by atoms with E-state index in [2.05, 4.69) is 10.2 Å². The molecule has 0 saturated heterocycles. The molecule has 0 fully saturated rings. The molecule has 0 amide bonds. The molecule has 2 aromatic rings. The van der Waals surface area contributed by atoms with E-state index >= 15 is 0 Å². The topological polar surface area (TPSA) is 90.6 Å². The van der Waals surface area contributed by atoms with Crippen LogP contribution in [0.3, 0.4) is 0 Å². The summed E-state index contributed by atoms with van der Waals surface area (Å²) < 4.78 is 1.50. The fraction of sp³-hybridized carbons (Fsp3) is 0.333. The Balaban J connectivity index is 2.38. The van der Waals surface area contributed by atoms with Crippen LogP contribution in [-0.2, 0) is 0 Å². The molecule has 0 atom stereocenters. The van der Waals surface area contributed by atoms with Gasteiger partial charge in [-0.25, -0.2) is 0 Å². The van der Waals surface area contributed by atoms with Gasteiger partial charge in [0.1, 0.15) is 6.61 Å². The van der Waals surface area contributed by atoms with Crippen LogP contribution in [0.15, 0.2) is 12.3 Å². The van der Waals surface area contributed by atoms with E-state index in [1.807, 2.05) is 0 Å². The number of aliphatic hydroxyl groups is 1. The predicted molar refractivity (Wildman–Crippen MR) is 43.9 cm³/mol. The molecule has 0 saturated carbocycles. The first-order valence-corrected chi connectivity index (χ1v) is 3.75. The number of aromatic nitrogens is 4. The van der Waals surface area contributed by atoms with Crippen molar-refractivity contribution in [3.05, 3.63) is 12.3 Å². The van der Waals surface area contributed by atoms with Crippen LogP contribution >= 0.6 is 0 Å². The molecule has 0 radical (unpaired) electrons. The second-order valence-electron chi connectivity index (χ2n) is 2.40. The van der Waals surface area contributed by atoms with Crippen LogP contribution < -0.4 is 10.6 Å². The van der Waals surface area contributed by atoms with Crippen LogP contribution in [0, 0.1) is 0 Å². The molecule has 3 N–H and O–H groups in total. The zero-order valence-electron chi connectivity index (χ0n) is 6.79. The van der Waals surface area contributed by atoms with Gasteiger partial charge in [-0.2, -0.15) is 4.52 Å². The third-order valence-electron chi connectivity index (χ3n) is 1.55. The number of aliphatic hydroxyl groups excluding tert-OH is 1. The van der Waals surface area contributed by atoms with Crippen LogP contribution in [0.1, 0.15) is 0 Å². The van der Waals surface area contributed by atoms with Crippen LogP contribution in [0.2, 0.25) is 0 Å². The van der Waals surface area contributed by atoms with Gasteiger partial charge in [-0.05, 0) is 0 Å². The molecule has 13 heavy (non-hydrogen) atoms. The largest absolute Gasteiger partial charge is 0.395 e. The quantitative estimate of drug-likeness (QED) is 0.606. The summed E-state index contributed by atoms with van der Waals surface area (Å²) in [6.45, 7) is 0.142. The highest BCUT2D eigenvalue weighted by atomic mass is 16.7. The second-order valence-corrected chi connectivity index (χ2v) is 2.40. The van der Waals surface area contributed by atoms with Crippen molar-refractivity contribution in [3.63, 3.8) is 0 Å². The second kappa shape index (κ2) is 2.94. The fourth-order valence-electron chi connectivity index (χ4n) is 1.04. The number of anilines is 1. The van der Waals surface area contributed by atoms with Gasteiger partial charge in [-0.3, -0.25) is 0 Å². The van der Waals surface area contributed by atoms with E-state index in [0.717, 1.165) is 0 Å². The first-order valence-electron chi connectivity index (χ1n) is 3.75. The number of nitrogen functional groups attached to an aromatic ring is 1. The number of nitrogens with zero attached hydrogens (tertiary/aromatic N) is 4. The first-order chi connectivity index (χ1) is 6.33. The minimum atomic E-state index is -0.0539. The fourth-order valence-corrected chi connectivity index (χ4v) is 1.04. The zero-order valence-corrected chi connectivity index (χ0v) is 6.79. The van der Waals surface area contributed by atoms with Gasteiger partial charge in [0, 0.05) is 6.07 Å². The Labute approximate surface area is 73.3 Å². The highest BCUT2D eigenvalue weighted by molar-refractivity contribution is 5.40. The van der Waals surface area contributed by atoms with Gasteiger partial charge in [-0.1, -0.05) is 0 Å². The summed E-state index contributed by atoms with van der Waals surface area (Å²) in [5.74, 6) is 0.248. The molecule has 0 unspecified atom stereocenters. The van der Waals surface area contributed by atoms with Crippen molar-refractivity contribution >= 4 is 11.6 Å². The lowest BCUT2D eigenvalue weighted by atomic mass is 10.7. The Kier molecular flexibility index (Phi) is 1.78. The van der Waals surface area contributed by atoms with Gasteiger partial charge in [0.05, 0.1) is 12.8 Å². The zero-order chi connectivity index (χ0) is 9.26. The summed E-state index contributed by atoms with van der Waals surface area (Å²) in [5.41, 5.74) is 6.13. The normalized spacial score (nSPS) is 10.8. The van der Waals surface area contributed by atoms with Crippen molar-refractivity contribution in [3.8, 4) is 0 Å². The third-order valence-corrected chi connectivity index (χ3v) is 1.55. The lowest BCUT2D eigenvalue weighted by Crippen LogP contribution is -2.19. The average molecular weight is 183 g/mol. The molecule has 0 aliphatic heterocycles. The Hall–Kier alpha value is -1.76. The van der Waals surface area contributed by atoms with Crippen molar-refractivity contribution < 1.29 is 9.94 Å². The number of hydrogen-bond donors (Lipinski definition) is 2. The van der Waals surface area contributed by atoms with Crippen molar-refractivity contribution in [1.29, 1.82) is 0 Å². The van der Waals surface area contributed by atoms with Gasteiger partial charge in [0.25, 0.3) is 0 Å². The van der Waals surface area contributed by atoms with Gasteiger partial charge < -0.3 is 15.7 Å². The monoisotopic (exact) mass is 183 g/mol. The molecular weight excluding hydrogens is 174 g/mol. The third kappa shape index (κ3) is 1.18. The lowest BCUT2D eigenvalue weighted by Gasteiger charge is -2.05. The van der Waals surface area contributed by atoms with E-state index in [-0.39, 0.29) is 19.2 Å². The molecule has 7 nitrogen and oxygen atoms in total. The predicted octanol–water partition coefficient (Wildman–Crippen LogP) is -1.47. The van der Waals surface area contributed by atoms with Gasteiger partial charge >= 0.3 is 0 Å². The Morgan fingerprint density at radius 3 is 3.15 bits per heavy atom. The number of rotatable bonds is 3. The standard InChI is InChI=1S/C6H9N5O2/c7-6-9-8-5-1-2-10(11(5)6)13-4-3-12/h1-2,12H,3-4H2,(H2,7,9). The van der Waals surface area contributed by atoms with E-state index in [1.165, 1.54) is 9.36 Å². The van der Waals surface area contributed by atoms with Crippen LogP contribution in [0.25, 0.3) is 5.65 Å². The summed E-state index contributed by atoms with van der Waals surface area (Å²) in [6, 6.07) is 1.71. The SMILES string of the molecule is Nc1nnc2ccn(OCCO)n12.